The summed E-state index contributed by atoms with van der Waals surface area (Å²) < 4.78 is 27.9. The molecule has 3 rings (SSSR count). The van der Waals surface area contributed by atoms with Crippen LogP contribution < -0.4 is 0 Å². The second-order valence-corrected chi connectivity index (χ2v) is 4.85. The van der Waals surface area contributed by atoms with Crippen molar-refractivity contribution in [1.29, 1.82) is 0 Å². The van der Waals surface area contributed by atoms with Crippen LogP contribution in [0.4, 0.5) is 0 Å². The van der Waals surface area contributed by atoms with Crippen molar-refractivity contribution in [3.63, 3.8) is 0 Å². The van der Waals surface area contributed by atoms with Gasteiger partial charge in [-0.1, -0.05) is 10.2 Å². The predicted molar refractivity (Wildman–Crippen MR) is 67.1 cm³/mol. The first-order valence-corrected chi connectivity index (χ1v) is 6.66. The molecule has 0 amide bonds. The van der Waals surface area contributed by atoms with Gasteiger partial charge in [-0.2, -0.15) is 0 Å². The largest absolute Gasteiger partial charge is 0.394 e. The minimum Gasteiger partial charge on any atom is -0.394 e. The summed E-state index contributed by atoms with van der Waals surface area (Å²) in [6.45, 7) is -0.290. The number of rotatable bonds is 5. The van der Waals surface area contributed by atoms with E-state index < -0.39 is 43.3 Å². The van der Waals surface area contributed by atoms with E-state index in [1.165, 1.54) is 0 Å². The van der Waals surface area contributed by atoms with Crippen molar-refractivity contribution in [1.82, 2.24) is 0 Å². The van der Waals surface area contributed by atoms with Crippen LogP contribution >= 0.6 is 0 Å². The lowest BCUT2D eigenvalue weighted by atomic mass is 10.0. The molecule has 12 nitrogen and oxygen atoms in total. The number of fused-ring (bicyclic) bond motifs is 3. The molecule has 120 valence electrons. The lowest BCUT2D eigenvalue weighted by molar-refractivity contribution is -0.296. The van der Waals surface area contributed by atoms with Crippen LogP contribution in [-0.2, 0) is 23.7 Å². The van der Waals surface area contributed by atoms with Gasteiger partial charge in [0.15, 0.2) is 18.9 Å². The topological polar surface area (TPSA) is 164 Å². The Morgan fingerprint density at radius 2 is 1.45 bits per heavy atom. The van der Waals surface area contributed by atoms with E-state index in [4.69, 9.17) is 34.7 Å². The van der Waals surface area contributed by atoms with Gasteiger partial charge in [-0.05, 0) is 11.1 Å². The molecule has 0 saturated carbocycles. The summed E-state index contributed by atoms with van der Waals surface area (Å²) in [7, 11) is 0. The molecule has 12 heteroatoms. The molecule has 1 N–H and O–H groups in total. The SMILES string of the molecule is [N-]=[N+]=NCC1OC2OC3C(CO)OC(CN=[N+]=[N-])OC3C2O1. The summed E-state index contributed by atoms with van der Waals surface area (Å²) in [5.74, 6) is 0. The average Bonchev–Trinajstić information content (AvgIpc) is 3.07. The van der Waals surface area contributed by atoms with Crippen LogP contribution in [-0.4, -0.2) is 68.1 Å². The minimum atomic E-state index is -0.795. The van der Waals surface area contributed by atoms with Crippen LogP contribution in [0.2, 0.25) is 0 Å². The molecule has 0 spiro atoms. The predicted octanol–water partition coefficient (Wildman–Crippen LogP) is 0.176. The number of ether oxygens (including phenoxy) is 5. The molecule has 0 radical (unpaired) electrons. The molecule has 3 aliphatic heterocycles. The molecule has 0 aliphatic carbocycles. The quantitative estimate of drug-likeness (QED) is 0.431. The van der Waals surface area contributed by atoms with E-state index in [1.54, 1.807) is 0 Å². The van der Waals surface area contributed by atoms with Crippen molar-refractivity contribution in [2.24, 2.45) is 10.2 Å². The lowest BCUT2D eigenvalue weighted by Crippen LogP contribution is -2.53. The summed E-state index contributed by atoms with van der Waals surface area (Å²) in [6.07, 6.45) is -4.45. The van der Waals surface area contributed by atoms with E-state index >= 15 is 0 Å². The summed E-state index contributed by atoms with van der Waals surface area (Å²) in [6, 6.07) is 0. The van der Waals surface area contributed by atoms with E-state index in [0.717, 1.165) is 0 Å². The van der Waals surface area contributed by atoms with Gasteiger partial charge in [-0.3, -0.25) is 0 Å². The van der Waals surface area contributed by atoms with E-state index in [-0.39, 0.29) is 19.7 Å². The van der Waals surface area contributed by atoms with E-state index in [2.05, 4.69) is 20.1 Å². The van der Waals surface area contributed by atoms with Gasteiger partial charge in [0.1, 0.15) is 24.4 Å². The molecule has 3 saturated heterocycles. The molecule has 0 aromatic heterocycles. The zero-order valence-corrected chi connectivity index (χ0v) is 11.3. The lowest BCUT2D eigenvalue weighted by Gasteiger charge is -2.37. The highest BCUT2D eigenvalue weighted by Crippen LogP contribution is 2.39. The third-order valence-electron chi connectivity index (χ3n) is 3.57. The Labute approximate surface area is 124 Å². The molecule has 7 unspecified atom stereocenters. The number of aliphatic hydroxyl groups is 1. The fourth-order valence-electron chi connectivity index (χ4n) is 2.72. The molecule has 0 bridgehead atoms. The first-order valence-electron chi connectivity index (χ1n) is 6.66. The van der Waals surface area contributed by atoms with Crippen LogP contribution in [0.5, 0.6) is 0 Å². The Bertz CT molecular complexity index is 508. The zero-order valence-electron chi connectivity index (χ0n) is 11.3. The van der Waals surface area contributed by atoms with Gasteiger partial charge < -0.3 is 28.8 Å². The van der Waals surface area contributed by atoms with Gasteiger partial charge in [-0.15, -0.1) is 0 Å². The Kier molecular flexibility index (Phi) is 4.62. The second-order valence-electron chi connectivity index (χ2n) is 4.85. The Balaban J connectivity index is 1.68. The fourth-order valence-corrected chi connectivity index (χ4v) is 2.72. The molecular formula is C10H14N6O6. The highest BCUT2D eigenvalue weighted by molar-refractivity contribution is 4.98. The average molecular weight is 314 g/mol. The van der Waals surface area contributed by atoms with Crippen LogP contribution in [0.15, 0.2) is 10.2 Å². The monoisotopic (exact) mass is 314 g/mol. The van der Waals surface area contributed by atoms with E-state index in [0.29, 0.717) is 0 Å². The summed E-state index contributed by atoms with van der Waals surface area (Å²) in [5.41, 5.74) is 16.7. The highest BCUT2D eigenvalue weighted by atomic mass is 16.8. The molecule has 3 fully saturated rings. The van der Waals surface area contributed by atoms with Gasteiger partial charge >= 0.3 is 0 Å². The molecule has 0 aromatic rings. The fraction of sp³-hybridized carbons (Fsp3) is 1.00. The third kappa shape index (κ3) is 2.82. The van der Waals surface area contributed by atoms with Crippen molar-refractivity contribution in [2.45, 2.75) is 43.3 Å². The molecule has 22 heavy (non-hydrogen) atoms. The minimum absolute atomic E-state index is 0.0202. The van der Waals surface area contributed by atoms with E-state index in [1.807, 2.05) is 0 Å². The third-order valence-corrected chi connectivity index (χ3v) is 3.57. The molecule has 3 heterocycles. The number of nitrogens with zero attached hydrogens (tertiary/aromatic N) is 6. The first-order chi connectivity index (χ1) is 10.8. The maximum absolute atomic E-state index is 9.41. The normalized spacial score (nSPS) is 42.9. The summed E-state index contributed by atoms with van der Waals surface area (Å²) in [4.78, 5) is 5.29. The number of hydrogen-bond donors (Lipinski definition) is 1. The van der Waals surface area contributed by atoms with Gasteiger partial charge in [0, 0.05) is 9.82 Å². The first kappa shape index (κ1) is 15.3. The van der Waals surface area contributed by atoms with Crippen LogP contribution in [0.1, 0.15) is 0 Å². The standard InChI is InChI=1S/C10H14N6O6/c11-15-13-1-5-18-4(3-17)7-8(19-5)9-10(22-7)21-6(20-9)2-14-16-12/h4-10,17H,1-3H2. The maximum Gasteiger partial charge on any atom is 0.190 e. The van der Waals surface area contributed by atoms with Crippen molar-refractivity contribution < 1.29 is 28.8 Å². The molecule has 7 atom stereocenters. The number of aliphatic hydroxyl groups excluding tert-OH is 1. The maximum atomic E-state index is 9.41. The van der Waals surface area contributed by atoms with Gasteiger partial charge in [-0.25, -0.2) is 0 Å². The van der Waals surface area contributed by atoms with Crippen molar-refractivity contribution in [3.8, 4) is 0 Å². The molecule has 3 aliphatic rings. The zero-order chi connectivity index (χ0) is 15.5. The Hall–Kier alpha value is -1.62. The molecular weight excluding hydrogens is 300 g/mol. The summed E-state index contributed by atoms with van der Waals surface area (Å²) >= 11 is 0. The van der Waals surface area contributed by atoms with Crippen molar-refractivity contribution in [3.05, 3.63) is 20.9 Å². The number of azide groups is 2. The van der Waals surface area contributed by atoms with Crippen molar-refractivity contribution >= 4 is 0 Å². The van der Waals surface area contributed by atoms with Gasteiger partial charge in [0.05, 0.1) is 19.7 Å². The number of hydrogen-bond acceptors (Lipinski definition) is 8. The second kappa shape index (κ2) is 6.65. The Morgan fingerprint density at radius 3 is 2.09 bits per heavy atom. The smallest absolute Gasteiger partial charge is 0.190 e. The van der Waals surface area contributed by atoms with Gasteiger partial charge in [0.2, 0.25) is 0 Å². The van der Waals surface area contributed by atoms with Crippen molar-refractivity contribution in [2.75, 3.05) is 19.7 Å². The van der Waals surface area contributed by atoms with E-state index in [9.17, 15) is 5.11 Å². The Morgan fingerprint density at radius 1 is 0.818 bits per heavy atom. The molecule has 0 aromatic carbocycles. The summed E-state index contributed by atoms with van der Waals surface area (Å²) in [5, 5.41) is 16.2. The van der Waals surface area contributed by atoms with Crippen LogP contribution in [0.25, 0.3) is 20.9 Å². The van der Waals surface area contributed by atoms with Crippen LogP contribution in [0, 0.1) is 0 Å². The highest BCUT2D eigenvalue weighted by Gasteiger charge is 2.58. The van der Waals surface area contributed by atoms with Gasteiger partial charge in [0.25, 0.3) is 0 Å². The van der Waals surface area contributed by atoms with Crippen LogP contribution in [0.3, 0.4) is 0 Å².